The minimum absolute atomic E-state index is 0.0403. The van der Waals surface area contributed by atoms with Crippen LogP contribution in [0.15, 0.2) is 18.2 Å². The molecule has 21 heavy (non-hydrogen) atoms. The summed E-state index contributed by atoms with van der Waals surface area (Å²) >= 11 is 0. The molecule has 1 aromatic carbocycles. The molecule has 1 atom stereocenters. The molecule has 0 bridgehead atoms. The van der Waals surface area contributed by atoms with Crippen molar-refractivity contribution in [2.45, 2.75) is 25.9 Å². The van der Waals surface area contributed by atoms with E-state index in [0.29, 0.717) is 19.0 Å². The number of likely N-dealkylation sites (tertiary alicyclic amines) is 1. The summed E-state index contributed by atoms with van der Waals surface area (Å²) in [5.74, 6) is 5.16. The van der Waals surface area contributed by atoms with Crippen molar-refractivity contribution in [1.29, 1.82) is 0 Å². The molecule has 0 aromatic heterocycles. The van der Waals surface area contributed by atoms with Crippen LogP contribution in [0.25, 0.3) is 0 Å². The number of nitrogens with two attached hydrogens (primary N) is 1. The van der Waals surface area contributed by atoms with Crippen LogP contribution >= 0.6 is 0 Å². The fourth-order valence-electron chi connectivity index (χ4n) is 2.67. The third-order valence-electron chi connectivity index (χ3n) is 3.69. The average Bonchev–Trinajstić information content (AvgIpc) is 2.44. The second kappa shape index (κ2) is 5.93. The molecule has 7 heteroatoms. The number of hydrazine groups is 1. The Bertz CT molecular complexity index is 531. The van der Waals surface area contributed by atoms with E-state index in [0.717, 1.165) is 18.9 Å². The molecular formula is C14H18F3N3O. The van der Waals surface area contributed by atoms with Crippen molar-refractivity contribution in [1.82, 2.24) is 4.90 Å². The zero-order valence-electron chi connectivity index (χ0n) is 11.7. The van der Waals surface area contributed by atoms with Crippen LogP contribution in [0.5, 0.6) is 0 Å². The van der Waals surface area contributed by atoms with E-state index in [4.69, 9.17) is 5.84 Å². The van der Waals surface area contributed by atoms with Gasteiger partial charge in [-0.3, -0.25) is 10.6 Å². The molecule has 1 aliphatic rings. The van der Waals surface area contributed by atoms with Crippen molar-refractivity contribution in [3.05, 3.63) is 29.3 Å². The highest BCUT2D eigenvalue weighted by Gasteiger charge is 2.36. The third-order valence-corrected chi connectivity index (χ3v) is 3.69. The number of amides is 1. The number of carbonyl (C=O) groups excluding carboxylic acids is 1. The lowest BCUT2D eigenvalue weighted by Crippen LogP contribution is -2.39. The van der Waals surface area contributed by atoms with Crippen molar-refractivity contribution >= 4 is 11.6 Å². The number of halogens is 3. The standard InChI is InChI=1S/C14H18F3N3O/c1-9-4-3-7-20(8-9)13(21)10-5-2-6-11(12(10)19-18)14(15,16)17/h2,5-6,9,19H,3-4,7-8,18H2,1H3. The SMILES string of the molecule is CC1CCCN(C(=O)c2cccc(C(F)(F)F)c2NN)C1. The summed E-state index contributed by atoms with van der Waals surface area (Å²) in [7, 11) is 0. The molecule has 2 rings (SSSR count). The Morgan fingerprint density at radius 1 is 1.43 bits per heavy atom. The number of alkyl halides is 3. The van der Waals surface area contributed by atoms with Crippen LogP contribution in [0.2, 0.25) is 0 Å². The first kappa shape index (κ1) is 15.6. The van der Waals surface area contributed by atoms with Crippen LogP contribution in [0, 0.1) is 5.92 Å². The quantitative estimate of drug-likeness (QED) is 0.652. The molecule has 1 fully saturated rings. The molecular weight excluding hydrogens is 283 g/mol. The minimum atomic E-state index is -4.56. The number of nitrogen functional groups attached to an aromatic ring is 1. The second-order valence-electron chi connectivity index (χ2n) is 5.37. The molecule has 1 aromatic rings. The van der Waals surface area contributed by atoms with Crippen LogP contribution in [0.4, 0.5) is 18.9 Å². The lowest BCUT2D eigenvalue weighted by Gasteiger charge is -2.31. The topological polar surface area (TPSA) is 58.4 Å². The van der Waals surface area contributed by atoms with Gasteiger partial charge in [0.05, 0.1) is 16.8 Å². The summed E-state index contributed by atoms with van der Waals surface area (Å²) in [6.07, 6.45) is -2.68. The number of nitrogens with one attached hydrogen (secondary N) is 1. The van der Waals surface area contributed by atoms with Crippen LogP contribution in [-0.2, 0) is 6.18 Å². The maximum Gasteiger partial charge on any atom is 0.418 e. The Hall–Kier alpha value is -1.76. The smallest absolute Gasteiger partial charge is 0.338 e. The highest BCUT2D eigenvalue weighted by Crippen LogP contribution is 2.36. The van der Waals surface area contributed by atoms with Crippen molar-refractivity contribution in [3.63, 3.8) is 0 Å². The first-order valence-electron chi connectivity index (χ1n) is 6.80. The maximum atomic E-state index is 13.0. The van der Waals surface area contributed by atoms with Crippen LogP contribution in [-0.4, -0.2) is 23.9 Å². The zero-order chi connectivity index (χ0) is 15.6. The number of hydrogen-bond acceptors (Lipinski definition) is 3. The van der Waals surface area contributed by atoms with E-state index in [9.17, 15) is 18.0 Å². The van der Waals surface area contributed by atoms with Gasteiger partial charge in [0.2, 0.25) is 0 Å². The number of carbonyl (C=O) groups is 1. The van der Waals surface area contributed by atoms with E-state index in [2.05, 4.69) is 0 Å². The van der Waals surface area contributed by atoms with Crippen molar-refractivity contribution in [3.8, 4) is 0 Å². The van der Waals surface area contributed by atoms with Gasteiger partial charge in [0.25, 0.3) is 5.91 Å². The molecule has 1 aliphatic heterocycles. The number of rotatable bonds is 2. The van der Waals surface area contributed by atoms with E-state index in [1.54, 1.807) is 4.90 Å². The lowest BCUT2D eigenvalue weighted by atomic mass is 9.98. The number of hydrogen-bond donors (Lipinski definition) is 2. The molecule has 0 aliphatic carbocycles. The van der Waals surface area contributed by atoms with E-state index >= 15 is 0 Å². The van der Waals surface area contributed by atoms with Crippen molar-refractivity contribution < 1.29 is 18.0 Å². The third kappa shape index (κ3) is 3.29. The lowest BCUT2D eigenvalue weighted by molar-refractivity contribution is -0.137. The van der Waals surface area contributed by atoms with Gasteiger partial charge in [-0.2, -0.15) is 13.2 Å². The Morgan fingerprint density at radius 3 is 2.71 bits per heavy atom. The van der Waals surface area contributed by atoms with Gasteiger partial charge in [0, 0.05) is 13.1 Å². The first-order chi connectivity index (χ1) is 9.84. The van der Waals surface area contributed by atoms with Crippen LogP contribution < -0.4 is 11.3 Å². The number of piperidine rings is 1. The number of benzene rings is 1. The largest absolute Gasteiger partial charge is 0.418 e. The van der Waals surface area contributed by atoms with Gasteiger partial charge in [-0.05, 0) is 30.9 Å². The summed E-state index contributed by atoms with van der Waals surface area (Å²) in [6.45, 7) is 3.14. The van der Waals surface area contributed by atoms with Gasteiger partial charge >= 0.3 is 6.18 Å². The summed E-state index contributed by atoms with van der Waals surface area (Å²) < 4.78 is 38.9. The average molecular weight is 301 g/mol. The molecule has 3 N–H and O–H groups in total. The summed E-state index contributed by atoms with van der Waals surface area (Å²) in [6, 6.07) is 3.50. The monoisotopic (exact) mass is 301 g/mol. The molecule has 1 amide bonds. The molecule has 1 saturated heterocycles. The normalized spacial score (nSPS) is 19.5. The molecule has 1 unspecified atom stereocenters. The molecule has 0 spiro atoms. The second-order valence-corrected chi connectivity index (χ2v) is 5.37. The van der Waals surface area contributed by atoms with Crippen LogP contribution in [0.3, 0.4) is 0 Å². The van der Waals surface area contributed by atoms with Gasteiger partial charge in [-0.15, -0.1) is 0 Å². The van der Waals surface area contributed by atoms with E-state index < -0.39 is 17.6 Å². The number of anilines is 1. The van der Waals surface area contributed by atoms with Crippen molar-refractivity contribution in [2.24, 2.45) is 11.8 Å². The highest BCUT2D eigenvalue weighted by atomic mass is 19.4. The molecule has 1 heterocycles. The van der Waals surface area contributed by atoms with Gasteiger partial charge < -0.3 is 10.3 Å². The fourth-order valence-corrected chi connectivity index (χ4v) is 2.67. The highest BCUT2D eigenvalue weighted by molar-refractivity contribution is 6.00. The number of nitrogens with zero attached hydrogens (tertiary/aromatic N) is 1. The summed E-state index contributed by atoms with van der Waals surface area (Å²) in [4.78, 5) is 14.1. The van der Waals surface area contributed by atoms with E-state index in [1.165, 1.54) is 12.1 Å². The van der Waals surface area contributed by atoms with Gasteiger partial charge in [0.1, 0.15) is 0 Å². The molecule has 4 nitrogen and oxygen atoms in total. The first-order valence-corrected chi connectivity index (χ1v) is 6.80. The van der Waals surface area contributed by atoms with E-state index in [1.807, 2.05) is 12.3 Å². The fraction of sp³-hybridized carbons (Fsp3) is 0.500. The summed E-state index contributed by atoms with van der Waals surface area (Å²) in [5, 5.41) is 0. The Morgan fingerprint density at radius 2 is 2.14 bits per heavy atom. The van der Waals surface area contributed by atoms with Gasteiger partial charge in [0.15, 0.2) is 0 Å². The van der Waals surface area contributed by atoms with Crippen molar-refractivity contribution in [2.75, 3.05) is 18.5 Å². The predicted molar refractivity (Wildman–Crippen MR) is 73.6 cm³/mol. The minimum Gasteiger partial charge on any atom is -0.338 e. The predicted octanol–water partition coefficient (Wildman–Crippen LogP) is 2.86. The molecule has 0 saturated carbocycles. The molecule has 0 radical (unpaired) electrons. The summed E-state index contributed by atoms with van der Waals surface area (Å²) in [5.41, 5.74) is 0.697. The number of para-hydroxylation sites is 1. The van der Waals surface area contributed by atoms with E-state index in [-0.39, 0.29) is 11.3 Å². The Labute approximate surface area is 121 Å². The van der Waals surface area contributed by atoms with Gasteiger partial charge in [-0.25, -0.2) is 0 Å². The Balaban J connectivity index is 2.37. The molecule has 116 valence electrons. The van der Waals surface area contributed by atoms with Gasteiger partial charge in [-0.1, -0.05) is 13.0 Å². The van der Waals surface area contributed by atoms with Crippen LogP contribution in [0.1, 0.15) is 35.7 Å². The Kier molecular flexibility index (Phi) is 4.41. The maximum absolute atomic E-state index is 13.0. The zero-order valence-corrected chi connectivity index (χ0v) is 11.7.